The molecule has 2 rings (SSSR count). The number of anilines is 1. The first-order valence-corrected chi connectivity index (χ1v) is 5.81. The number of nitrogen functional groups attached to an aromatic ring is 1. The van der Waals surface area contributed by atoms with E-state index >= 15 is 0 Å². The molecule has 5 heteroatoms. The number of hydrogen-bond donors (Lipinski definition) is 1. The molecule has 0 atom stereocenters. The third-order valence-electron chi connectivity index (χ3n) is 2.41. The van der Waals surface area contributed by atoms with Gasteiger partial charge in [-0.3, -0.25) is 0 Å². The molecule has 2 aromatic rings. The van der Waals surface area contributed by atoms with Gasteiger partial charge in [0.25, 0.3) is 0 Å². The Morgan fingerprint density at radius 3 is 2.33 bits per heavy atom. The van der Waals surface area contributed by atoms with E-state index in [2.05, 4.69) is 20.9 Å². The molecule has 0 aliphatic carbocycles. The molecule has 0 aliphatic heterocycles. The van der Waals surface area contributed by atoms with Crippen LogP contribution >= 0.6 is 15.9 Å². The van der Waals surface area contributed by atoms with Crippen LogP contribution in [0.15, 0.2) is 34.8 Å². The van der Waals surface area contributed by atoms with Gasteiger partial charge in [-0.25, -0.2) is 4.98 Å². The summed E-state index contributed by atoms with van der Waals surface area (Å²) in [5.74, 6) is 0.225. The molecule has 0 aliphatic rings. The average Bonchev–Trinajstić information content (AvgIpc) is 2.38. The van der Waals surface area contributed by atoms with Crippen LogP contribution in [0.5, 0.6) is 0 Å². The summed E-state index contributed by atoms with van der Waals surface area (Å²) < 4.78 is 0.937. The normalized spacial score (nSPS) is 9.50. The van der Waals surface area contributed by atoms with E-state index in [9.17, 15) is 0 Å². The number of aromatic nitrogens is 1. The summed E-state index contributed by atoms with van der Waals surface area (Å²) in [5, 5.41) is 18.1. The van der Waals surface area contributed by atoms with Crippen molar-refractivity contribution in [1.29, 1.82) is 10.5 Å². The molecule has 2 N–H and O–H groups in total. The maximum atomic E-state index is 9.15. The van der Waals surface area contributed by atoms with Gasteiger partial charge in [0.15, 0.2) is 5.69 Å². The van der Waals surface area contributed by atoms with Crippen LogP contribution in [0.3, 0.4) is 0 Å². The van der Waals surface area contributed by atoms with E-state index < -0.39 is 0 Å². The Hall–Kier alpha value is -2.37. The molecule has 0 bridgehead atoms. The number of hydrogen-bond acceptors (Lipinski definition) is 4. The molecule has 0 saturated heterocycles. The Labute approximate surface area is 112 Å². The molecule has 4 nitrogen and oxygen atoms in total. The van der Waals surface area contributed by atoms with Crippen LogP contribution in [0, 0.1) is 22.7 Å². The first-order valence-electron chi connectivity index (χ1n) is 5.02. The van der Waals surface area contributed by atoms with Gasteiger partial charge in [0.2, 0.25) is 0 Å². The fourth-order valence-corrected chi connectivity index (χ4v) is 1.88. The molecule has 86 valence electrons. The highest BCUT2D eigenvalue weighted by atomic mass is 79.9. The van der Waals surface area contributed by atoms with E-state index in [4.69, 9.17) is 16.3 Å². The fourth-order valence-electron chi connectivity index (χ4n) is 1.62. The van der Waals surface area contributed by atoms with E-state index in [1.165, 1.54) is 0 Å². The van der Waals surface area contributed by atoms with Gasteiger partial charge in [-0.05, 0) is 23.8 Å². The summed E-state index contributed by atoms with van der Waals surface area (Å²) in [6.07, 6.45) is 0. The van der Waals surface area contributed by atoms with Crippen molar-refractivity contribution in [3.8, 4) is 23.3 Å². The lowest BCUT2D eigenvalue weighted by Crippen LogP contribution is -1.99. The molecular weight excluding hydrogens is 292 g/mol. The second-order valence-corrected chi connectivity index (χ2v) is 4.46. The predicted molar refractivity (Wildman–Crippen MR) is 71.2 cm³/mol. The van der Waals surface area contributed by atoms with Crippen LogP contribution in [0.25, 0.3) is 11.1 Å². The minimum atomic E-state index is 0.0513. The Morgan fingerprint density at radius 1 is 1.11 bits per heavy atom. The lowest BCUT2D eigenvalue weighted by atomic mass is 10.00. The third kappa shape index (κ3) is 2.17. The van der Waals surface area contributed by atoms with Crippen molar-refractivity contribution in [3.05, 3.63) is 46.1 Å². The molecule has 1 aromatic carbocycles. The number of nitrogens with two attached hydrogens (primary N) is 1. The molecular formula is C13H7BrN4. The fraction of sp³-hybridized carbons (Fsp3) is 0. The predicted octanol–water partition coefficient (Wildman–Crippen LogP) is 2.84. The first kappa shape index (κ1) is 12.1. The minimum Gasteiger partial charge on any atom is -0.384 e. The van der Waals surface area contributed by atoms with Gasteiger partial charge >= 0.3 is 0 Å². The summed E-state index contributed by atoms with van der Waals surface area (Å²) in [4.78, 5) is 3.85. The van der Waals surface area contributed by atoms with Gasteiger partial charge in [0, 0.05) is 10.0 Å². The molecule has 1 aromatic heterocycles. The van der Waals surface area contributed by atoms with Gasteiger partial charge in [-0.2, -0.15) is 10.5 Å². The second kappa shape index (κ2) is 4.87. The highest BCUT2D eigenvalue weighted by Crippen LogP contribution is 2.27. The Bertz CT molecular complexity index is 678. The molecule has 0 amide bonds. The summed E-state index contributed by atoms with van der Waals surface area (Å²) >= 11 is 3.34. The summed E-state index contributed by atoms with van der Waals surface area (Å²) in [6.45, 7) is 0. The number of benzene rings is 1. The van der Waals surface area contributed by atoms with Crippen LogP contribution in [0.2, 0.25) is 0 Å². The van der Waals surface area contributed by atoms with Crippen molar-refractivity contribution in [2.45, 2.75) is 0 Å². The Balaban J connectivity index is 2.72. The zero-order chi connectivity index (χ0) is 13.1. The first-order chi connectivity index (χ1) is 8.65. The molecule has 0 spiro atoms. The number of halogens is 1. The number of pyridine rings is 1. The largest absolute Gasteiger partial charge is 0.384 e. The molecule has 0 radical (unpaired) electrons. The number of nitrogens with zero attached hydrogens (tertiary/aromatic N) is 3. The van der Waals surface area contributed by atoms with Crippen LogP contribution in [-0.2, 0) is 0 Å². The Morgan fingerprint density at radius 2 is 1.78 bits per heavy atom. The van der Waals surface area contributed by atoms with Crippen LogP contribution in [-0.4, -0.2) is 4.98 Å². The van der Waals surface area contributed by atoms with E-state index in [0.29, 0.717) is 5.56 Å². The highest BCUT2D eigenvalue weighted by molar-refractivity contribution is 9.10. The SMILES string of the molecule is N#Cc1nc(N)cc(-c2ccc(Br)cc2)c1C#N. The molecule has 0 unspecified atom stereocenters. The highest BCUT2D eigenvalue weighted by Gasteiger charge is 2.12. The maximum Gasteiger partial charge on any atom is 0.161 e. The summed E-state index contributed by atoms with van der Waals surface area (Å²) in [6, 6.07) is 12.9. The van der Waals surface area contributed by atoms with Crippen molar-refractivity contribution in [3.63, 3.8) is 0 Å². The zero-order valence-electron chi connectivity index (χ0n) is 9.18. The number of nitriles is 2. The standard InChI is InChI=1S/C13H7BrN4/c14-9-3-1-8(2-4-9)10-5-13(17)18-12(7-16)11(10)6-15/h1-5H,(H2,17,18). The monoisotopic (exact) mass is 298 g/mol. The topological polar surface area (TPSA) is 86.5 Å². The second-order valence-electron chi connectivity index (χ2n) is 3.55. The van der Waals surface area contributed by atoms with Crippen molar-refractivity contribution in [1.82, 2.24) is 4.98 Å². The minimum absolute atomic E-state index is 0.0513. The Kier molecular flexibility index (Phi) is 3.27. The van der Waals surface area contributed by atoms with E-state index in [1.54, 1.807) is 6.07 Å². The van der Waals surface area contributed by atoms with Crippen LogP contribution < -0.4 is 5.73 Å². The van der Waals surface area contributed by atoms with Crippen LogP contribution in [0.1, 0.15) is 11.3 Å². The third-order valence-corrected chi connectivity index (χ3v) is 2.94. The van der Waals surface area contributed by atoms with Gasteiger partial charge in [-0.1, -0.05) is 28.1 Å². The zero-order valence-corrected chi connectivity index (χ0v) is 10.8. The van der Waals surface area contributed by atoms with Crippen molar-refractivity contribution >= 4 is 21.7 Å². The van der Waals surface area contributed by atoms with E-state index in [0.717, 1.165) is 10.0 Å². The van der Waals surface area contributed by atoms with Crippen molar-refractivity contribution in [2.75, 3.05) is 5.73 Å². The summed E-state index contributed by atoms with van der Waals surface area (Å²) in [5.41, 5.74) is 7.38. The van der Waals surface area contributed by atoms with Gasteiger partial charge < -0.3 is 5.73 Å². The van der Waals surface area contributed by atoms with Crippen molar-refractivity contribution in [2.24, 2.45) is 0 Å². The lowest BCUT2D eigenvalue weighted by molar-refractivity contribution is 1.25. The average molecular weight is 299 g/mol. The van der Waals surface area contributed by atoms with Gasteiger partial charge in [-0.15, -0.1) is 0 Å². The smallest absolute Gasteiger partial charge is 0.161 e. The van der Waals surface area contributed by atoms with Gasteiger partial charge in [0.05, 0.1) is 5.56 Å². The lowest BCUT2D eigenvalue weighted by Gasteiger charge is -2.06. The van der Waals surface area contributed by atoms with Crippen molar-refractivity contribution < 1.29 is 0 Å². The molecule has 0 saturated carbocycles. The van der Waals surface area contributed by atoms with Gasteiger partial charge in [0.1, 0.15) is 18.0 Å². The maximum absolute atomic E-state index is 9.15. The summed E-state index contributed by atoms with van der Waals surface area (Å²) in [7, 11) is 0. The van der Waals surface area contributed by atoms with E-state index in [-0.39, 0.29) is 17.1 Å². The molecule has 18 heavy (non-hydrogen) atoms. The molecule has 1 heterocycles. The quantitative estimate of drug-likeness (QED) is 0.877. The molecule has 0 fully saturated rings. The number of rotatable bonds is 1. The van der Waals surface area contributed by atoms with E-state index in [1.807, 2.05) is 36.4 Å². The van der Waals surface area contributed by atoms with Crippen LogP contribution in [0.4, 0.5) is 5.82 Å².